The Balaban J connectivity index is 0.000000366. The van der Waals surface area contributed by atoms with Gasteiger partial charge in [0.15, 0.2) is 29.5 Å². The number of ether oxygens (including phenoxy) is 1. The second kappa shape index (κ2) is 9.79. The average Bonchev–Trinajstić information content (AvgIpc) is 2.68. The zero-order valence-corrected chi connectivity index (χ0v) is 16.8. The molecule has 0 aromatic heterocycles. The highest BCUT2D eigenvalue weighted by Crippen LogP contribution is 2.44. The zero-order valence-electron chi connectivity index (χ0n) is 16.8. The Labute approximate surface area is 177 Å². The first-order chi connectivity index (χ1) is 14.6. The van der Waals surface area contributed by atoms with Gasteiger partial charge in [0.2, 0.25) is 5.78 Å². The number of aliphatic hydroxyl groups is 1. The number of rotatable bonds is 4. The summed E-state index contributed by atoms with van der Waals surface area (Å²) in [6.45, 7) is 4.84. The summed E-state index contributed by atoms with van der Waals surface area (Å²) in [6.07, 6.45) is -2.04. The molecule has 3 rings (SSSR count). The van der Waals surface area contributed by atoms with Gasteiger partial charge in [-0.25, -0.2) is 0 Å². The van der Waals surface area contributed by atoms with Gasteiger partial charge in [-0.1, -0.05) is 19.0 Å². The molecule has 31 heavy (non-hydrogen) atoms. The van der Waals surface area contributed by atoms with Crippen LogP contribution in [-0.4, -0.2) is 49.1 Å². The molecule has 0 aliphatic carbocycles. The first-order valence-electron chi connectivity index (χ1n) is 9.27. The van der Waals surface area contributed by atoms with E-state index in [-0.39, 0.29) is 22.6 Å². The number of fused-ring (bicyclic) bond motifs is 1. The number of azide groups is 1. The van der Waals surface area contributed by atoms with Crippen LogP contribution in [0.5, 0.6) is 34.5 Å². The Morgan fingerprint density at radius 2 is 1.68 bits per heavy atom. The normalized spacial score (nSPS) is 17.1. The van der Waals surface area contributed by atoms with Gasteiger partial charge in [-0.2, -0.15) is 0 Å². The number of benzene rings is 2. The summed E-state index contributed by atoms with van der Waals surface area (Å²) in [5.74, 6) is -3.32. The fourth-order valence-corrected chi connectivity index (χ4v) is 2.81. The molecule has 0 unspecified atom stereocenters. The molecule has 0 amide bonds. The maximum absolute atomic E-state index is 12.2. The van der Waals surface area contributed by atoms with Gasteiger partial charge < -0.3 is 35.4 Å². The van der Waals surface area contributed by atoms with Gasteiger partial charge in [0.25, 0.3) is 0 Å². The van der Waals surface area contributed by atoms with Crippen molar-refractivity contribution in [3.05, 3.63) is 45.8 Å². The minimum atomic E-state index is -1.72. The van der Waals surface area contributed by atoms with E-state index < -0.39 is 41.0 Å². The second-order valence-corrected chi connectivity index (χ2v) is 7.23. The highest BCUT2D eigenvalue weighted by atomic mass is 16.5. The monoisotopic (exact) mass is 433 g/mol. The molecule has 0 saturated heterocycles. The van der Waals surface area contributed by atoms with E-state index in [2.05, 4.69) is 23.9 Å². The van der Waals surface area contributed by atoms with Crippen LogP contribution in [0.1, 0.15) is 42.3 Å². The van der Waals surface area contributed by atoms with Crippen molar-refractivity contribution in [2.24, 2.45) is 11.0 Å². The Morgan fingerprint density at radius 3 is 2.23 bits per heavy atom. The number of Topliss-reactive ketones (excluding diaryl/α,β-unsaturated/α-hetero) is 1. The van der Waals surface area contributed by atoms with Crippen molar-refractivity contribution in [2.75, 3.05) is 6.54 Å². The Bertz CT molecular complexity index is 995. The summed E-state index contributed by atoms with van der Waals surface area (Å²) < 4.78 is 5.42. The van der Waals surface area contributed by atoms with Crippen molar-refractivity contribution in [1.82, 2.24) is 0 Å². The maximum atomic E-state index is 12.2. The minimum Gasteiger partial charge on any atom is -0.508 e. The first-order valence-corrected chi connectivity index (χ1v) is 9.27. The van der Waals surface area contributed by atoms with E-state index in [0.29, 0.717) is 12.5 Å². The summed E-state index contributed by atoms with van der Waals surface area (Å²) >= 11 is 0. The number of carbonyl (C=O) groups excluding carboxylic acids is 1. The van der Waals surface area contributed by atoms with Crippen LogP contribution in [-0.2, 0) is 0 Å². The third-order valence-corrected chi connectivity index (χ3v) is 4.41. The number of carbonyl (C=O) groups is 1. The molecule has 2 aromatic rings. The predicted octanol–water partition coefficient (Wildman–Crippen LogP) is 3.23. The number of ketones is 1. The van der Waals surface area contributed by atoms with Crippen molar-refractivity contribution >= 4 is 5.78 Å². The largest absolute Gasteiger partial charge is 0.508 e. The fraction of sp³-hybridized carbons (Fsp3) is 0.350. The molecular weight excluding hydrogens is 410 g/mol. The van der Waals surface area contributed by atoms with Gasteiger partial charge in [0.1, 0.15) is 22.8 Å². The molecular formula is C20H23N3O8. The second-order valence-electron chi connectivity index (χ2n) is 7.23. The van der Waals surface area contributed by atoms with Crippen LogP contribution < -0.4 is 4.74 Å². The molecule has 6 N–H and O–H groups in total. The van der Waals surface area contributed by atoms with Crippen molar-refractivity contribution in [3.63, 3.8) is 0 Å². The lowest BCUT2D eigenvalue weighted by Gasteiger charge is -2.30. The Kier molecular flexibility index (Phi) is 7.41. The van der Waals surface area contributed by atoms with Gasteiger partial charge in [-0.15, -0.1) is 0 Å². The van der Waals surface area contributed by atoms with Crippen LogP contribution in [0.4, 0.5) is 0 Å². The van der Waals surface area contributed by atoms with Crippen LogP contribution in [0, 0.1) is 5.92 Å². The van der Waals surface area contributed by atoms with E-state index in [1.165, 1.54) is 0 Å². The van der Waals surface area contributed by atoms with Crippen LogP contribution in [0.2, 0.25) is 0 Å². The van der Waals surface area contributed by atoms with Gasteiger partial charge in [0.05, 0.1) is 0 Å². The maximum Gasteiger partial charge on any atom is 0.202 e. The van der Waals surface area contributed by atoms with E-state index >= 15 is 0 Å². The average molecular weight is 433 g/mol. The number of aliphatic hydroxyl groups excluding tert-OH is 1. The molecule has 0 fully saturated rings. The number of phenols is 5. The fourth-order valence-electron chi connectivity index (χ4n) is 2.81. The summed E-state index contributed by atoms with van der Waals surface area (Å²) in [7, 11) is 0. The van der Waals surface area contributed by atoms with Crippen LogP contribution in [0.15, 0.2) is 29.4 Å². The SMILES string of the molecule is CC(C)CCN=[N+]=[N-].O=C1c2c(O)cc(O)cc2O[C@H](c2cc(O)c(O)c(O)c2)[C@H]1O. The smallest absolute Gasteiger partial charge is 0.202 e. The standard InChI is InChI=1S/C15H12O8.C5H11N3/c16-6-3-7(17)11-10(4-6)23-15(14(22)13(11)21)5-1-8(18)12(20)9(19)2-5;1-5(2)3-4-7-8-6/h1-4,14-20,22H;5H,3-4H2,1-2H3/t14-,15+;/m0./s1. The lowest BCUT2D eigenvalue weighted by Crippen LogP contribution is -2.36. The van der Waals surface area contributed by atoms with Crippen molar-refractivity contribution in [1.29, 1.82) is 0 Å². The number of aromatic hydroxyl groups is 5. The van der Waals surface area contributed by atoms with Crippen molar-refractivity contribution < 1.29 is 40.2 Å². The molecule has 11 heteroatoms. The van der Waals surface area contributed by atoms with Gasteiger partial charge in [-0.05, 0) is 30.0 Å². The molecule has 1 aliphatic rings. The molecule has 11 nitrogen and oxygen atoms in total. The molecule has 1 heterocycles. The van der Waals surface area contributed by atoms with Crippen LogP contribution in [0.3, 0.4) is 0 Å². The lowest BCUT2D eigenvalue weighted by molar-refractivity contribution is 0.0209. The molecule has 1 aliphatic heterocycles. The molecule has 0 saturated carbocycles. The van der Waals surface area contributed by atoms with Crippen LogP contribution >= 0.6 is 0 Å². The van der Waals surface area contributed by atoms with E-state index in [4.69, 9.17) is 10.3 Å². The number of hydrogen-bond donors (Lipinski definition) is 6. The number of phenolic OH excluding ortho intramolecular Hbond substituents is 5. The summed E-state index contributed by atoms with van der Waals surface area (Å²) in [4.78, 5) is 14.9. The summed E-state index contributed by atoms with van der Waals surface area (Å²) in [6, 6.07) is 4.06. The van der Waals surface area contributed by atoms with E-state index in [0.717, 1.165) is 30.7 Å². The zero-order chi connectivity index (χ0) is 23.3. The van der Waals surface area contributed by atoms with Gasteiger partial charge >= 0.3 is 0 Å². The predicted molar refractivity (Wildman–Crippen MR) is 108 cm³/mol. The highest BCUT2D eigenvalue weighted by molar-refractivity contribution is 6.05. The van der Waals surface area contributed by atoms with Gasteiger partial charge in [-0.3, -0.25) is 4.79 Å². The quantitative estimate of drug-likeness (QED) is 0.183. The van der Waals surface area contributed by atoms with E-state index in [9.17, 15) is 35.4 Å². The van der Waals surface area contributed by atoms with Crippen molar-refractivity contribution in [2.45, 2.75) is 32.5 Å². The highest BCUT2D eigenvalue weighted by Gasteiger charge is 2.39. The Hall–Kier alpha value is -3.82. The number of hydrogen-bond acceptors (Lipinski definition) is 9. The molecule has 0 radical (unpaired) electrons. The summed E-state index contributed by atoms with van der Waals surface area (Å²) in [5, 5.41) is 61.1. The van der Waals surface area contributed by atoms with Gasteiger partial charge in [0, 0.05) is 29.2 Å². The van der Waals surface area contributed by atoms with E-state index in [1.54, 1.807) is 0 Å². The molecule has 0 bridgehead atoms. The Morgan fingerprint density at radius 1 is 1.06 bits per heavy atom. The topological polar surface area (TPSA) is 196 Å². The lowest BCUT2D eigenvalue weighted by atomic mass is 9.92. The molecule has 2 atom stereocenters. The molecule has 166 valence electrons. The first kappa shape index (κ1) is 23.5. The molecule has 0 spiro atoms. The minimum absolute atomic E-state index is 0.0205. The third-order valence-electron chi connectivity index (χ3n) is 4.41. The van der Waals surface area contributed by atoms with Crippen LogP contribution in [0.25, 0.3) is 10.4 Å². The summed E-state index contributed by atoms with van der Waals surface area (Å²) in [5.41, 5.74) is 7.58. The van der Waals surface area contributed by atoms with Crippen molar-refractivity contribution in [3.8, 4) is 34.5 Å². The van der Waals surface area contributed by atoms with E-state index in [1.807, 2.05) is 0 Å². The third kappa shape index (κ3) is 5.41. The number of nitrogens with zero attached hydrogens (tertiary/aromatic N) is 3. The molecule has 2 aromatic carbocycles.